The largest absolute Gasteiger partial charge is 0.481 e. The van der Waals surface area contributed by atoms with Gasteiger partial charge in [-0.1, -0.05) is 19.8 Å². The molecule has 0 saturated carbocycles. The highest BCUT2D eigenvalue weighted by atomic mass is 16.4. The van der Waals surface area contributed by atoms with Crippen LogP contribution in [0.5, 0.6) is 0 Å². The number of nitrogens with one attached hydrogen (secondary N) is 1. The van der Waals surface area contributed by atoms with Crippen molar-refractivity contribution in [1.29, 1.82) is 0 Å². The summed E-state index contributed by atoms with van der Waals surface area (Å²) in [5.74, 6) is -0.913. The highest BCUT2D eigenvalue weighted by Crippen LogP contribution is 2.17. The van der Waals surface area contributed by atoms with Gasteiger partial charge in [0.25, 0.3) is 5.91 Å². The van der Waals surface area contributed by atoms with Crippen LogP contribution in [0.1, 0.15) is 43.0 Å². The van der Waals surface area contributed by atoms with E-state index in [2.05, 4.69) is 15.2 Å². The molecule has 1 atom stereocenters. The minimum Gasteiger partial charge on any atom is -0.481 e. The van der Waals surface area contributed by atoms with E-state index in [4.69, 9.17) is 5.11 Å². The number of rotatable bonds is 5. The van der Waals surface area contributed by atoms with Crippen molar-refractivity contribution in [2.45, 2.75) is 32.6 Å². The van der Waals surface area contributed by atoms with E-state index in [1.807, 2.05) is 6.07 Å². The Hall–Kier alpha value is -2.11. The number of hydrogen-bond acceptors (Lipinski definition) is 4. The maximum absolute atomic E-state index is 12.0. The predicted molar refractivity (Wildman–Crippen MR) is 84.1 cm³/mol. The normalized spacial score (nSPS) is 16.7. The van der Waals surface area contributed by atoms with Crippen molar-refractivity contribution in [2.75, 3.05) is 24.5 Å². The van der Waals surface area contributed by atoms with Gasteiger partial charge in [0.2, 0.25) is 0 Å². The molecule has 22 heavy (non-hydrogen) atoms. The average molecular weight is 305 g/mol. The summed E-state index contributed by atoms with van der Waals surface area (Å²) in [6.45, 7) is 3.69. The van der Waals surface area contributed by atoms with Crippen LogP contribution in [0.15, 0.2) is 18.3 Å². The van der Waals surface area contributed by atoms with Gasteiger partial charge in [-0.05, 0) is 25.0 Å². The number of anilines is 1. The summed E-state index contributed by atoms with van der Waals surface area (Å²) >= 11 is 0. The Labute approximate surface area is 130 Å². The Morgan fingerprint density at radius 1 is 1.27 bits per heavy atom. The number of carboxylic acid groups (broad SMARTS) is 1. The van der Waals surface area contributed by atoms with Crippen molar-refractivity contribution >= 4 is 17.7 Å². The van der Waals surface area contributed by atoms with E-state index in [1.54, 1.807) is 19.2 Å². The predicted octanol–water partition coefficient (Wildman–Crippen LogP) is 1.91. The molecule has 1 aromatic rings. The average Bonchev–Trinajstić information content (AvgIpc) is 2.81. The third-order valence-corrected chi connectivity index (χ3v) is 3.93. The summed E-state index contributed by atoms with van der Waals surface area (Å²) in [4.78, 5) is 29.3. The first-order valence-corrected chi connectivity index (χ1v) is 7.80. The van der Waals surface area contributed by atoms with E-state index in [1.165, 1.54) is 25.7 Å². The van der Waals surface area contributed by atoms with Gasteiger partial charge in [-0.2, -0.15) is 0 Å². The van der Waals surface area contributed by atoms with Gasteiger partial charge in [0.1, 0.15) is 5.82 Å². The molecule has 1 fully saturated rings. The molecule has 0 aliphatic carbocycles. The number of amides is 1. The first kappa shape index (κ1) is 16.3. The third-order valence-electron chi connectivity index (χ3n) is 3.93. The lowest BCUT2D eigenvalue weighted by atomic mass is 10.2. The molecule has 1 aliphatic heterocycles. The number of aliphatic carboxylic acids is 1. The van der Waals surface area contributed by atoms with Crippen molar-refractivity contribution in [2.24, 2.45) is 5.92 Å². The van der Waals surface area contributed by atoms with Gasteiger partial charge in [0.05, 0.1) is 11.5 Å². The first-order valence-electron chi connectivity index (χ1n) is 7.80. The quantitative estimate of drug-likeness (QED) is 0.868. The SMILES string of the molecule is CC(CNC(=O)c1ccc(N2CCCCCC2)nc1)C(=O)O. The second kappa shape index (κ2) is 7.77. The van der Waals surface area contributed by atoms with Crippen molar-refractivity contribution in [3.63, 3.8) is 0 Å². The first-order chi connectivity index (χ1) is 10.6. The Kier molecular flexibility index (Phi) is 5.75. The van der Waals surface area contributed by atoms with Gasteiger partial charge in [-0.3, -0.25) is 9.59 Å². The minimum atomic E-state index is -0.921. The molecule has 6 nitrogen and oxygen atoms in total. The number of hydrogen-bond donors (Lipinski definition) is 2. The zero-order valence-corrected chi connectivity index (χ0v) is 12.9. The van der Waals surface area contributed by atoms with Gasteiger partial charge < -0.3 is 15.3 Å². The number of carboxylic acids is 1. The molecule has 1 aliphatic rings. The van der Waals surface area contributed by atoms with Crippen molar-refractivity contribution in [3.8, 4) is 0 Å². The van der Waals surface area contributed by atoms with E-state index < -0.39 is 11.9 Å². The van der Waals surface area contributed by atoms with Crippen LogP contribution in [-0.2, 0) is 4.79 Å². The zero-order chi connectivity index (χ0) is 15.9. The van der Waals surface area contributed by atoms with E-state index in [-0.39, 0.29) is 12.5 Å². The van der Waals surface area contributed by atoms with Gasteiger partial charge in [0.15, 0.2) is 0 Å². The van der Waals surface area contributed by atoms with Gasteiger partial charge >= 0.3 is 5.97 Å². The second-order valence-corrected chi connectivity index (χ2v) is 5.76. The molecular formula is C16H23N3O3. The van der Waals surface area contributed by atoms with E-state index in [0.717, 1.165) is 18.9 Å². The lowest BCUT2D eigenvalue weighted by Crippen LogP contribution is -2.31. The van der Waals surface area contributed by atoms with Gasteiger partial charge in [-0.15, -0.1) is 0 Å². The molecule has 1 amide bonds. The molecule has 1 unspecified atom stereocenters. The number of carbonyl (C=O) groups excluding carboxylic acids is 1. The summed E-state index contributed by atoms with van der Waals surface area (Å²) in [7, 11) is 0. The number of nitrogens with zero attached hydrogens (tertiary/aromatic N) is 2. The number of carbonyl (C=O) groups is 2. The Morgan fingerprint density at radius 3 is 2.50 bits per heavy atom. The lowest BCUT2D eigenvalue weighted by molar-refractivity contribution is -0.140. The van der Waals surface area contributed by atoms with Crippen LogP contribution in [-0.4, -0.2) is 41.6 Å². The summed E-state index contributed by atoms with van der Waals surface area (Å²) in [5, 5.41) is 11.4. The van der Waals surface area contributed by atoms with Crippen LogP contribution < -0.4 is 10.2 Å². The summed E-state index contributed by atoms with van der Waals surface area (Å²) in [5.41, 5.74) is 0.455. The van der Waals surface area contributed by atoms with Crippen LogP contribution in [0.3, 0.4) is 0 Å². The molecule has 0 aromatic carbocycles. The zero-order valence-electron chi connectivity index (χ0n) is 12.9. The molecule has 6 heteroatoms. The van der Waals surface area contributed by atoms with E-state index in [0.29, 0.717) is 5.56 Å². The Bertz CT molecular complexity index is 508. The van der Waals surface area contributed by atoms with Crippen LogP contribution in [0.25, 0.3) is 0 Å². The van der Waals surface area contributed by atoms with Crippen molar-refractivity contribution < 1.29 is 14.7 Å². The Balaban J connectivity index is 1.93. The second-order valence-electron chi connectivity index (χ2n) is 5.76. The van der Waals surface area contributed by atoms with Gasteiger partial charge in [-0.25, -0.2) is 4.98 Å². The number of aromatic nitrogens is 1. The molecule has 1 aromatic heterocycles. The van der Waals surface area contributed by atoms with Crippen LogP contribution in [0, 0.1) is 5.92 Å². The van der Waals surface area contributed by atoms with E-state index in [9.17, 15) is 9.59 Å². The van der Waals surface area contributed by atoms with E-state index >= 15 is 0 Å². The maximum atomic E-state index is 12.0. The molecule has 0 spiro atoms. The molecular weight excluding hydrogens is 282 g/mol. The fraction of sp³-hybridized carbons (Fsp3) is 0.562. The third kappa shape index (κ3) is 4.44. The van der Waals surface area contributed by atoms with Crippen LogP contribution in [0.2, 0.25) is 0 Å². The van der Waals surface area contributed by atoms with Gasteiger partial charge in [0, 0.05) is 25.8 Å². The molecule has 2 heterocycles. The van der Waals surface area contributed by atoms with Crippen molar-refractivity contribution in [3.05, 3.63) is 23.9 Å². The fourth-order valence-electron chi connectivity index (χ4n) is 2.44. The topological polar surface area (TPSA) is 82.5 Å². The highest BCUT2D eigenvalue weighted by Gasteiger charge is 2.15. The molecule has 0 bridgehead atoms. The summed E-state index contributed by atoms with van der Waals surface area (Å²) in [6.07, 6.45) is 6.44. The number of pyridine rings is 1. The molecule has 120 valence electrons. The lowest BCUT2D eigenvalue weighted by Gasteiger charge is -2.21. The monoisotopic (exact) mass is 305 g/mol. The molecule has 2 rings (SSSR count). The highest BCUT2D eigenvalue weighted by molar-refractivity contribution is 5.94. The smallest absolute Gasteiger partial charge is 0.308 e. The minimum absolute atomic E-state index is 0.113. The molecule has 2 N–H and O–H groups in total. The Morgan fingerprint density at radius 2 is 1.95 bits per heavy atom. The molecule has 1 saturated heterocycles. The molecule has 0 radical (unpaired) electrons. The fourth-order valence-corrected chi connectivity index (χ4v) is 2.44. The summed E-state index contributed by atoms with van der Waals surface area (Å²) < 4.78 is 0. The summed E-state index contributed by atoms with van der Waals surface area (Å²) in [6, 6.07) is 3.61. The van der Waals surface area contributed by atoms with Crippen molar-refractivity contribution in [1.82, 2.24) is 10.3 Å². The standard InChI is InChI=1S/C16H23N3O3/c1-12(16(21)22)10-18-15(20)13-6-7-14(17-11-13)19-8-4-2-3-5-9-19/h6-7,11-12H,2-5,8-10H2,1H3,(H,18,20)(H,21,22). The maximum Gasteiger partial charge on any atom is 0.308 e. The van der Waals surface area contributed by atoms with Crippen LogP contribution in [0.4, 0.5) is 5.82 Å². The van der Waals surface area contributed by atoms with Crippen LogP contribution >= 0.6 is 0 Å².